The molecule has 5 heteroatoms. The monoisotopic (exact) mass is 308 g/mol. The second-order valence-electron chi connectivity index (χ2n) is 5.34. The number of aromatic amines is 1. The molecule has 4 heterocycles. The Kier molecular flexibility index (Phi) is 2.81. The van der Waals surface area contributed by atoms with E-state index in [1.54, 1.807) is 6.20 Å². The molecule has 0 aliphatic heterocycles. The minimum Gasteiger partial charge on any atom is -0.346 e. The van der Waals surface area contributed by atoms with Gasteiger partial charge in [0.2, 0.25) is 0 Å². The summed E-state index contributed by atoms with van der Waals surface area (Å²) in [4.78, 5) is 7.49. The Morgan fingerprint density at radius 2 is 2.18 bits per heavy atom. The van der Waals surface area contributed by atoms with Gasteiger partial charge in [0.05, 0.1) is 16.7 Å². The zero-order valence-electron chi connectivity index (χ0n) is 12.0. The number of fused-ring (bicyclic) bond motifs is 2. The quantitative estimate of drug-likeness (QED) is 0.590. The van der Waals surface area contributed by atoms with E-state index in [1.807, 2.05) is 42.2 Å². The van der Waals surface area contributed by atoms with Gasteiger partial charge in [-0.15, -0.1) is 0 Å². The first-order valence-corrected chi connectivity index (χ1v) is 7.27. The van der Waals surface area contributed by atoms with E-state index < -0.39 is 0 Å². The van der Waals surface area contributed by atoms with Gasteiger partial charge in [-0.3, -0.25) is 0 Å². The van der Waals surface area contributed by atoms with Crippen LogP contribution in [0.15, 0.2) is 49.6 Å². The molecule has 4 aromatic heterocycles. The molecule has 4 aromatic rings. The van der Waals surface area contributed by atoms with Crippen molar-refractivity contribution < 1.29 is 0 Å². The van der Waals surface area contributed by atoms with Crippen LogP contribution in [-0.4, -0.2) is 19.6 Å². The number of allylic oxidation sites excluding steroid dienone is 1. The number of hydrogen-bond acceptors (Lipinski definition) is 2. The van der Waals surface area contributed by atoms with Crippen molar-refractivity contribution in [1.82, 2.24) is 19.6 Å². The van der Waals surface area contributed by atoms with Crippen molar-refractivity contribution in [2.24, 2.45) is 0 Å². The second kappa shape index (κ2) is 4.71. The highest BCUT2D eigenvalue weighted by Gasteiger charge is 2.11. The van der Waals surface area contributed by atoms with Gasteiger partial charge in [0, 0.05) is 35.1 Å². The molecule has 0 radical (unpaired) electrons. The van der Waals surface area contributed by atoms with Gasteiger partial charge in [0.15, 0.2) is 0 Å². The van der Waals surface area contributed by atoms with Crippen LogP contribution >= 0.6 is 11.6 Å². The van der Waals surface area contributed by atoms with Crippen LogP contribution in [0.1, 0.15) is 12.5 Å². The molecule has 0 unspecified atom stereocenters. The Bertz CT molecular complexity index is 1030. The molecular weight excluding hydrogens is 296 g/mol. The standard InChI is InChI=1S/C17H13ClN4/c1-10(2)14-9-21-22-4-3-11(5-16(14)22)15-8-20-17-13(15)6-12(18)7-19-17/h3-9H,1H2,2H3,(H,19,20). The average molecular weight is 309 g/mol. The molecule has 4 rings (SSSR count). The molecule has 0 atom stereocenters. The van der Waals surface area contributed by atoms with Crippen molar-refractivity contribution in [2.75, 3.05) is 0 Å². The van der Waals surface area contributed by atoms with Gasteiger partial charge in [-0.25, -0.2) is 9.50 Å². The van der Waals surface area contributed by atoms with E-state index in [9.17, 15) is 0 Å². The van der Waals surface area contributed by atoms with Crippen molar-refractivity contribution in [1.29, 1.82) is 0 Å². The number of halogens is 1. The Morgan fingerprint density at radius 3 is 3.00 bits per heavy atom. The van der Waals surface area contributed by atoms with E-state index in [2.05, 4.69) is 27.7 Å². The van der Waals surface area contributed by atoms with Gasteiger partial charge in [0.25, 0.3) is 0 Å². The van der Waals surface area contributed by atoms with E-state index in [1.165, 1.54) is 0 Å². The van der Waals surface area contributed by atoms with E-state index in [-0.39, 0.29) is 0 Å². The minimum atomic E-state index is 0.626. The lowest BCUT2D eigenvalue weighted by Gasteiger charge is -2.03. The summed E-state index contributed by atoms with van der Waals surface area (Å²) in [6.45, 7) is 6.00. The maximum Gasteiger partial charge on any atom is 0.137 e. The molecule has 0 saturated carbocycles. The topological polar surface area (TPSA) is 46.0 Å². The van der Waals surface area contributed by atoms with Crippen LogP contribution in [-0.2, 0) is 0 Å². The Morgan fingerprint density at radius 1 is 1.32 bits per heavy atom. The highest BCUT2D eigenvalue weighted by Crippen LogP contribution is 2.31. The molecule has 0 spiro atoms. The van der Waals surface area contributed by atoms with Crippen LogP contribution in [0.2, 0.25) is 5.02 Å². The molecule has 0 aromatic carbocycles. The first-order chi connectivity index (χ1) is 10.6. The number of aromatic nitrogens is 4. The molecule has 0 bridgehead atoms. The number of H-pyrrole nitrogens is 1. The maximum atomic E-state index is 6.08. The third-order valence-corrected chi connectivity index (χ3v) is 4.00. The van der Waals surface area contributed by atoms with Gasteiger partial charge in [-0.05, 0) is 36.3 Å². The predicted octanol–water partition coefficient (Wildman–Crippen LogP) is 4.56. The minimum absolute atomic E-state index is 0.626. The van der Waals surface area contributed by atoms with Crippen LogP contribution in [0.25, 0.3) is 33.3 Å². The van der Waals surface area contributed by atoms with Crippen molar-refractivity contribution in [2.45, 2.75) is 6.92 Å². The Labute approximate surface area is 132 Å². The van der Waals surface area contributed by atoms with Gasteiger partial charge in [-0.1, -0.05) is 18.2 Å². The molecule has 0 saturated heterocycles. The first kappa shape index (κ1) is 13.1. The molecular formula is C17H13ClN4. The van der Waals surface area contributed by atoms with Gasteiger partial charge >= 0.3 is 0 Å². The fourth-order valence-electron chi connectivity index (χ4n) is 2.69. The summed E-state index contributed by atoms with van der Waals surface area (Å²) in [5, 5.41) is 5.99. The molecule has 0 fully saturated rings. The fourth-order valence-corrected chi connectivity index (χ4v) is 2.85. The maximum absolute atomic E-state index is 6.08. The summed E-state index contributed by atoms with van der Waals surface area (Å²) in [6.07, 6.45) is 7.39. The molecule has 0 aliphatic carbocycles. The van der Waals surface area contributed by atoms with E-state index in [4.69, 9.17) is 11.6 Å². The zero-order chi connectivity index (χ0) is 15.3. The van der Waals surface area contributed by atoms with Crippen molar-refractivity contribution in [3.05, 3.63) is 60.2 Å². The van der Waals surface area contributed by atoms with E-state index in [0.29, 0.717) is 5.02 Å². The highest BCUT2D eigenvalue weighted by atomic mass is 35.5. The van der Waals surface area contributed by atoms with Crippen LogP contribution in [0.4, 0.5) is 0 Å². The van der Waals surface area contributed by atoms with Crippen LogP contribution in [0.3, 0.4) is 0 Å². The van der Waals surface area contributed by atoms with Gasteiger partial charge < -0.3 is 4.98 Å². The SMILES string of the molecule is C=C(C)c1cnn2ccc(-c3c[nH]c4ncc(Cl)cc34)cc12. The number of pyridine rings is 2. The average Bonchev–Trinajstić information content (AvgIpc) is 3.09. The first-order valence-electron chi connectivity index (χ1n) is 6.90. The van der Waals surface area contributed by atoms with Crippen molar-refractivity contribution in [3.8, 4) is 11.1 Å². The summed E-state index contributed by atoms with van der Waals surface area (Å²) in [5.41, 5.74) is 6.07. The number of rotatable bonds is 2. The normalized spacial score (nSPS) is 11.4. The number of nitrogens with one attached hydrogen (secondary N) is 1. The molecule has 108 valence electrons. The summed E-state index contributed by atoms with van der Waals surface area (Å²) in [6, 6.07) is 6.07. The Hall–Kier alpha value is -2.59. The molecule has 1 N–H and O–H groups in total. The zero-order valence-corrected chi connectivity index (χ0v) is 12.7. The smallest absolute Gasteiger partial charge is 0.137 e. The summed E-state index contributed by atoms with van der Waals surface area (Å²) in [5.74, 6) is 0. The lowest BCUT2D eigenvalue weighted by Crippen LogP contribution is -1.87. The summed E-state index contributed by atoms with van der Waals surface area (Å²) >= 11 is 6.08. The van der Waals surface area contributed by atoms with Gasteiger partial charge in [0.1, 0.15) is 5.65 Å². The number of nitrogens with zero attached hydrogens (tertiary/aromatic N) is 3. The lowest BCUT2D eigenvalue weighted by molar-refractivity contribution is 0.962. The van der Waals surface area contributed by atoms with Gasteiger partial charge in [-0.2, -0.15) is 5.10 Å². The molecule has 0 amide bonds. The summed E-state index contributed by atoms with van der Waals surface area (Å²) in [7, 11) is 0. The predicted molar refractivity (Wildman–Crippen MR) is 90.0 cm³/mol. The third-order valence-electron chi connectivity index (χ3n) is 3.79. The fraction of sp³-hybridized carbons (Fsp3) is 0.0588. The highest BCUT2D eigenvalue weighted by molar-refractivity contribution is 6.31. The van der Waals surface area contributed by atoms with Crippen LogP contribution in [0.5, 0.6) is 0 Å². The van der Waals surface area contributed by atoms with Crippen molar-refractivity contribution in [3.63, 3.8) is 0 Å². The second-order valence-corrected chi connectivity index (χ2v) is 5.77. The molecule has 4 nitrogen and oxygen atoms in total. The van der Waals surface area contributed by atoms with Crippen LogP contribution < -0.4 is 0 Å². The summed E-state index contributed by atoms with van der Waals surface area (Å²) < 4.78 is 1.85. The molecule has 22 heavy (non-hydrogen) atoms. The van der Waals surface area contributed by atoms with E-state index >= 15 is 0 Å². The third kappa shape index (κ3) is 1.92. The van der Waals surface area contributed by atoms with Crippen molar-refractivity contribution >= 4 is 33.7 Å². The number of hydrogen-bond donors (Lipinski definition) is 1. The molecule has 0 aliphatic rings. The van der Waals surface area contributed by atoms with E-state index in [0.717, 1.165) is 38.8 Å². The van der Waals surface area contributed by atoms with Crippen LogP contribution in [0, 0.1) is 0 Å². The lowest BCUT2D eigenvalue weighted by atomic mass is 10.0. The largest absolute Gasteiger partial charge is 0.346 e. The Balaban J connectivity index is 1.98.